The van der Waals surface area contributed by atoms with Crippen molar-refractivity contribution in [1.29, 1.82) is 0 Å². The molecule has 0 saturated heterocycles. The topological polar surface area (TPSA) is 57.6 Å². The van der Waals surface area contributed by atoms with Gasteiger partial charge in [-0.1, -0.05) is 20.8 Å². The van der Waals surface area contributed by atoms with Crippen molar-refractivity contribution >= 4 is 17.9 Å². The first kappa shape index (κ1) is 18.9. The number of hydrogen-bond acceptors (Lipinski definition) is 3. The Hall–Kier alpha value is -2.17. The molecule has 1 heterocycles. The number of carbonyl (C=O) groups is 1. The van der Waals surface area contributed by atoms with E-state index in [0.29, 0.717) is 5.82 Å². The Balaban J connectivity index is 3.66. The number of nitrogens with zero attached hydrogens (tertiary/aromatic N) is 3. The minimum absolute atomic E-state index is 0.200. The Morgan fingerprint density at radius 2 is 2.09 bits per heavy atom. The van der Waals surface area contributed by atoms with Crippen molar-refractivity contribution in [2.75, 3.05) is 11.9 Å². The molecule has 0 unspecified atom stereocenters. The highest BCUT2D eigenvalue weighted by atomic mass is 16.2. The zero-order valence-corrected chi connectivity index (χ0v) is 15.3. The Bertz CT molecular complexity index is 613. The largest absolute Gasteiger partial charge is 0.340 e. The molecule has 0 atom stereocenters. The van der Waals surface area contributed by atoms with Gasteiger partial charge in [-0.3, -0.25) is 4.98 Å². The Morgan fingerprint density at radius 1 is 1.43 bits per heavy atom. The molecule has 1 aromatic rings. The van der Waals surface area contributed by atoms with Crippen molar-refractivity contribution in [3.8, 4) is 0 Å². The van der Waals surface area contributed by atoms with Crippen LogP contribution < -0.4 is 10.2 Å². The maximum atomic E-state index is 12.6. The predicted octanol–water partition coefficient (Wildman–Crippen LogP) is 4.39. The summed E-state index contributed by atoms with van der Waals surface area (Å²) in [5.41, 5.74) is 3.67. The lowest BCUT2D eigenvalue weighted by Crippen LogP contribution is -2.39. The van der Waals surface area contributed by atoms with E-state index in [0.717, 1.165) is 28.9 Å². The second-order valence-corrected chi connectivity index (χ2v) is 5.95. The quantitative estimate of drug-likeness (QED) is 0.819. The summed E-state index contributed by atoms with van der Waals surface area (Å²) in [6, 6.07) is 1.70. The van der Waals surface area contributed by atoms with Gasteiger partial charge in [0.1, 0.15) is 5.82 Å². The van der Waals surface area contributed by atoms with E-state index in [9.17, 15) is 4.79 Å². The van der Waals surface area contributed by atoms with Crippen LogP contribution in [0.1, 0.15) is 58.2 Å². The van der Waals surface area contributed by atoms with Crippen LogP contribution in [0.2, 0.25) is 0 Å². The molecule has 0 aliphatic heterocycles. The van der Waals surface area contributed by atoms with Crippen LogP contribution in [0.4, 0.5) is 10.5 Å². The predicted molar refractivity (Wildman–Crippen MR) is 97.2 cm³/mol. The number of amides is 2. The van der Waals surface area contributed by atoms with Gasteiger partial charge in [-0.15, -0.1) is 0 Å². The van der Waals surface area contributed by atoms with Crippen molar-refractivity contribution < 1.29 is 4.79 Å². The molecule has 2 amide bonds. The average Bonchev–Trinajstić information content (AvgIpc) is 2.50. The summed E-state index contributed by atoms with van der Waals surface area (Å²) >= 11 is 0. The molecule has 126 valence electrons. The number of aryl methyl sites for hydroxylation is 1. The van der Waals surface area contributed by atoms with Gasteiger partial charge in [-0.05, 0) is 50.3 Å². The van der Waals surface area contributed by atoms with Crippen LogP contribution >= 0.6 is 0 Å². The summed E-state index contributed by atoms with van der Waals surface area (Å²) in [6.45, 7) is 12.1. The molecule has 0 bridgehead atoms. The number of aromatic nitrogens is 1. The first-order valence-electron chi connectivity index (χ1n) is 8.02. The lowest BCUT2D eigenvalue weighted by molar-refractivity contribution is 0.249. The highest BCUT2D eigenvalue weighted by Gasteiger charge is 2.26. The summed E-state index contributed by atoms with van der Waals surface area (Å²) in [7, 11) is 1.63. The smallest absolute Gasteiger partial charge is 0.327 e. The average molecular weight is 316 g/mol. The molecule has 0 saturated carbocycles. The van der Waals surface area contributed by atoms with Gasteiger partial charge in [0.15, 0.2) is 0 Å². The van der Waals surface area contributed by atoms with Gasteiger partial charge >= 0.3 is 6.03 Å². The fraction of sp³-hybridized carbons (Fsp3) is 0.500. The summed E-state index contributed by atoms with van der Waals surface area (Å²) < 4.78 is 0. The van der Waals surface area contributed by atoms with E-state index in [1.54, 1.807) is 18.1 Å². The number of hydrogen-bond donors (Lipinski definition) is 1. The highest BCUT2D eigenvalue weighted by Crippen LogP contribution is 2.32. The second-order valence-electron chi connectivity index (χ2n) is 5.95. The van der Waals surface area contributed by atoms with Crippen LogP contribution in [0, 0.1) is 6.92 Å². The van der Waals surface area contributed by atoms with Crippen molar-refractivity contribution in [3.05, 3.63) is 34.9 Å². The molecule has 0 radical (unpaired) electrons. The molecule has 0 aromatic carbocycles. The van der Waals surface area contributed by atoms with E-state index in [1.807, 2.05) is 40.0 Å². The number of aliphatic imine (C=N–C) groups is 1. The molecular formula is C18H28N4O. The van der Waals surface area contributed by atoms with Crippen LogP contribution in [0.15, 0.2) is 28.6 Å². The van der Waals surface area contributed by atoms with Crippen LogP contribution in [-0.2, 0) is 0 Å². The molecule has 0 aliphatic rings. The Kier molecular flexibility index (Phi) is 6.94. The van der Waals surface area contributed by atoms with E-state index in [1.165, 1.54) is 0 Å². The van der Waals surface area contributed by atoms with E-state index in [4.69, 9.17) is 0 Å². The number of carbonyl (C=O) groups excluding carboxylic acids is 1. The third-order valence-corrected chi connectivity index (χ3v) is 3.40. The maximum absolute atomic E-state index is 12.6. The number of allylic oxidation sites excluding steroid dienone is 1. The van der Waals surface area contributed by atoms with E-state index in [2.05, 4.69) is 29.1 Å². The van der Waals surface area contributed by atoms with Gasteiger partial charge in [0.05, 0.1) is 11.4 Å². The van der Waals surface area contributed by atoms with Gasteiger partial charge < -0.3 is 5.32 Å². The zero-order valence-electron chi connectivity index (χ0n) is 15.3. The van der Waals surface area contributed by atoms with Crippen LogP contribution in [0.3, 0.4) is 0 Å². The number of anilines is 1. The maximum Gasteiger partial charge on any atom is 0.327 e. The summed E-state index contributed by atoms with van der Waals surface area (Å²) in [5.74, 6) is 0.842. The fourth-order valence-corrected chi connectivity index (χ4v) is 2.29. The third-order valence-electron chi connectivity index (χ3n) is 3.40. The van der Waals surface area contributed by atoms with Crippen molar-refractivity contribution in [1.82, 2.24) is 10.3 Å². The minimum Gasteiger partial charge on any atom is -0.340 e. The second kappa shape index (κ2) is 8.46. The summed E-state index contributed by atoms with van der Waals surface area (Å²) in [5, 5.41) is 2.72. The lowest BCUT2D eigenvalue weighted by Gasteiger charge is -2.28. The van der Waals surface area contributed by atoms with E-state index in [-0.39, 0.29) is 11.9 Å². The number of urea groups is 1. The van der Waals surface area contributed by atoms with Gasteiger partial charge in [0.25, 0.3) is 0 Å². The number of rotatable bonds is 5. The van der Waals surface area contributed by atoms with Crippen molar-refractivity contribution in [2.24, 2.45) is 4.99 Å². The van der Waals surface area contributed by atoms with Gasteiger partial charge in [0.2, 0.25) is 0 Å². The molecule has 5 heteroatoms. The zero-order chi connectivity index (χ0) is 17.6. The van der Waals surface area contributed by atoms with Crippen molar-refractivity contribution in [3.63, 3.8) is 0 Å². The molecule has 1 N–H and O–H groups in total. The fourth-order valence-electron chi connectivity index (χ4n) is 2.29. The Labute approximate surface area is 139 Å². The van der Waals surface area contributed by atoms with Crippen molar-refractivity contribution in [2.45, 2.75) is 53.9 Å². The lowest BCUT2D eigenvalue weighted by atomic mass is 10.0. The summed E-state index contributed by atoms with van der Waals surface area (Å²) in [4.78, 5) is 23.3. The minimum atomic E-state index is -0.215. The summed E-state index contributed by atoms with van der Waals surface area (Å²) in [6.07, 6.45) is 4.41. The molecular weight excluding hydrogens is 288 g/mol. The first-order valence-corrected chi connectivity index (χ1v) is 8.02. The van der Waals surface area contributed by atoms with Gasteiger partial charge in [0, 0.05) is 19.5 Å². The van der Waals surface area contributed by atoms with Crippen LogP contribution in [0.25, 0.3) is 0 Å². The SMILES string of the molecule is CC/C=N\C(=C(C)C)N(C(=O)NC)c1c(C)ccnc1C(C)C. The van der Waals surface area contributed by atoms with Crippen LogP contribution in [-0.4, -0.2) is 24.3 Å². The molecule has 5 nitrogen and oxygen atoms in total. The third kappa shape index (κ3) is 4.41. The molecule has 1 aromatic heterocycles. The molecule has 0 fully saturated rings. The monoisotopic (exact) mass is 316 g/mol. The van der Waals surface area contributed by atoms with Crippen LogP contribution in [0.5, 0.6) is 0 Å². The van der Waals surface area contributed by atoms with Gasteiger partial charge in [-0.25, -0.2) is 14.7 Å². The number of nitrogens with one attached hydrogen (secondary N) is 1. The Morgan fingerprint density at radius 3 is 2.57 bits per heavy atom. The normalized spacial score (nSPS) is 11.0. The standard InChI is InChI=1S/C18H28N4O/c1-8-10-21-17(13(4)5)22(18(23)19-7)16-14(6)9-11-20-15(16)12(2)3/h9-12H,8H2,1-7H3,(H,19,23)/b21-10-. The van der Waals surface area contributed by atoms with E-state index >= 15 is 0 Å². The molecule has 1 rings (SSSR count). The first-order chi connectivity index (χ1) is 10.8. The van der Waals surface area contributed by atoms with Gasteiger partial charge in [-0.2, -0.15) is 0 Å². The molecule has 0 spiro atoms. The highest BCUT2D eigenvalue weighted by molar-refractivity contribution is 5.97. The number of pyridine rings is 1. The molecule has 0 aliphatic carbocycles. The van der Waals surface area contributed by atoms with E-state index < -0.39 is 0 Å². The molecule has 23 heavy (non-hydrogen) atoms.